The van der Waals surface area contributed by atoms with Crippen LogP contribution in [0.3, 0.4) is 0 Å². The van der Waals surface area contributed by atoms with Crippen molar-refractivity contribution in [2.24, 2.45) is 0 Å². The van der Waals surface area contributed by atoms with Crippen LogP contribution >= 0.6 is 0 Å². The summed E-state index contributed by atoms with van der Waals surface area (Å²) in [4.78, 5) is 11.0. The lowest BCUT2D eigenvalue weighted by atomic mass is 9.99. The zero-order valence-electron chi connectivity index (χ0n) is 10.4. The molecule has 1 aromatic carbocycles. The maximum Gasteiger partial charge on any atom is 0.335 e. The molecule has 0 spiro atoms. The Morgan fingerprint density at radius 1 is 1.53 bits per heavy atom. The Balaban J connectivity index is 2.17. The largest absolute Gasteiger partial charge is 0.478 e. The van der Waals surface area contributed by atoms with Gasteiger partial charge in [-0.15, -0.1) is 0 Å². The number of carbonyl (C=O) groups is 1. The lowest BCUT2D eigenvalue weighted by Gasteiger charge is -2.15. The van der Waals surface area contributed by atoms with Crippen molar-refractivity contribution in [2.75, 3.05) is 6.54 Å². The molecule has 0 amide bonds. The third-order valence-corrected chi connectivity index (χ3v) is 3.37. The maximum absolute atomic E-state index is 11.0. The average molecular weight is 233 g/mol. The summed E-state index contributed by atoms with van der Waals surface area (Å²) in [6.07, 6.45) is 2.19. The van der Waals surface area contributed by atoms with Gasteiger partial charge in [-0.2, -0.15) is 0 Å². The van der Waals surface area contributed by atoms with Gasteiger partial charge in [0.05, 0.1) is 5.56 Å². The summed E-state index contributed by atoms with van der Waals surface area (Å²) in [7, 11) is 0. The lowest BCUT2D eigenvalue weighted by molar-refractivity contribution is 0.0696. The van der Waals surface area contributed by atoms with E-state index in [1.807, 2.05) is 12.1 Å². The Morgan fingerprint density at radius 3 is 2.94 bits per heavy atom. The van der Waals surface area contributed by atoms with Crippen LogP contribution in [0.1, 0.15) is 47.7 Å². The Hall–Kier alpha value is -1.35. The normalized spacial score (nSPS) is 18.4. The molecule has 2 rings (SSSR count). The van der Waals surface area contributed by atoms with E-state index >= 15 is 0 Å². The Morgan fingerprint density at radius 2 is 2.29 bits per heavy atom. The van der Waals surface area contributed by atoms with Crippen LogP contribution in [0.2, 0.25) is 0 Å². The van der Waals surface area contributed by atoms with Crippen LogP contribution in [0, 0.1) is 0 Å². The van der Waals surface area contributed by atoms with E-state index < -0.39 is 5.97 Å². The maximum atomic E-state index is 11.0. The number of aryl methyl sites for hydroxylation is 1. The monoisotopic (exact) mass is 233 g/mol. The predicted octanol–water partition coefficient (Wildman–Crippen LogP) is 2.41. The molecule has 1 atom stereocenters. The van der Waals surface area contributed by atoms with Crippen molar-refractivity contribution in [3.05, 3.63) is 34.9 Å². The number of benzene rings is 1. The topological polar surface area (TPSA) is 49.3 Å². The number of rotatable bonds is 4. The average Bonchev–Trinajstić information content (AvgIpc) is 2.68. The van der Waals surface area contributed by atoms with E-state index in [1.54, 1.807) is 6.07 Å². The van der Waals surface area contributed by atoms with E-state index in [4.69, 9.17) is 5.11 Å². The summed E-state index contributed by atoms with van der Waals surface area (Å²) in [5.74, 6) is -0.373. The molecule has 0 aromatic heterocycles. The van der Waals surface area contributed by atoms with Crippen LogP contribution in [0.5, 0.6) is 0 Å². The minimum absolute atomic E-state index is 0.403. The molecule has 1 aliphatic carbocycles. The molecule has 0 saturated heterocycles. The third kappa shape index (κ3) is 2.67. The number of hydrogen-bond donors (Lipinski definition) is 2. The highest BCUT2D eigenvalue weighted by Gasteiger charge is 2.23. The van der Waals surface area contributed by atoms with Gasteiger partial charge < -0.3 is 10.4 Å². The fraction of sp³-hybridized carbons (Fsp3) is 0.500. The Labute approximate surface area is 102 Å². The second-order valence-electron chi connectivity index (χ2n) is 5.02. The number of nitrogens with one attached hydrogen (secondary N) is 1. The van der Waals surface area contributed by atoms with Crippen LogP contribution in [0.4, 0.5) is 0 Å². The Bertz CT molecular complexity index is 426. The molecule has 3 nitrogen and oxygen atoms in total. The van der Waals surface area contributed by atoms with Crippen LogP contribution in [0.15, 0.2) is 18.2 Å². The zero-order chi connectivity index (χ0) is 12.4. The minimum atomic E-state index is -0.838. The fourth-order valence-electron chi connectivity index (χ4n) is 2.41. The number of aromatic carboxylic acids is 1. The smallest absolute Gasteiger partial charge is 0.335 e. The van der Waals surface area contributed by atoms with Crippen molar-refractivity contribution in [1.29, 1.82) is 0 Å². The summed E-state index contributed by atoms with van der Waals surface area (Å²) in [5.41, 5.74) is 2.93. The molecule has 2 N–H and O–H groups in total. The van der Waals surface area contributed by atoms with Crippen LogP contribution in [0.25, 0.3) is 0 Å². The van der Waals surface area contributed by atoms with E-state index in [0.29, 0.717) is 17.5 Å². The van der Waals surface area contributed by atoms with E-state index in [9.17, 15) is 4.79 Å². The number of hydrogen-bond acceptors (Lipinski definition) is 2. The van der Waals surface area contributed by atoms with E-state index in [2.05, 4.69) is 19.2 Å². The highest BCUT2D eigenvalue weighted by molar-refractivity contribution is 5.88. The molecular formula is C14H19NO2. The molecule has 92 valence electrons. The molecule has 1 unspecified atom stereocenters. The highest BCUT2D eigenvalue weighted by Crippen LogP contribution is 2.33. The molecule has 1 aliphatic rings. The van der Waals surface area contributed by atoms with E-state index in [0.717, 1.165) is 19.4 Å². The zero-order valence-corrected chi connectivity index (χ0v) is 10.4. The number of carboxylic acids is 1. The van der Waals surface area contributed by atoms with Gasteiger partial charge in [0.2, 0.25) is 0 Å². The second kappa shape index (κ2) is 4.88. The third-order valence-electron chi connectivity index (χ3n) is 3.37. The summed E-state index contributed by atoms with van der Waals surface area (Å²) < 4.78 is 0. The minimum Gasteiger partial charge on any atom is -0.478 e. The van der Waals surface area contributed by atoms with Crippen molar-refractivity contribution >= 4 is 5.97 Å². The quantitative estimate of drug-likeness (QED) is 0.839. The van der Waals surface area contributed by atoms with Gasteiger partial charge in [-0.3, -0.25) is 0 Å². The van der Waals surface area contributed by atoms with Crippen molar-refractivity contribution in [1.82, 2.24) is 5.32 Å². The molecular weight excluding hydrogens is 214 g/mol. The van der Waals surface area contributed by atoms with Gasteiger partial charge in [0, 0.05) is 12.6 Å². The molecule has 1 aromatic rings. The van der Waals surface area contributed by atoms with Gasteiger partial charge in [-0.1, -0.05) is 19.9 Å². The summed E-state index contributed by atoms with van der Waals surface area (Å²) >= 11 is 0. The van der Waals surface area contributed by atoms with Crippen LogP contribution in [-0.4, -0.2) is 23.7 Å². The van der Waals surface area contributed by atoms with Gasteiger partial charge in [0.15, 0.2) is 0 Å². The van der Waals surface area contributed by atoms with E-state index in [-0.39, 0.29) is 0 Å². The molecule has 0 fully saturated rings. The first-order valence-electron chi connectivity index (χ1n) is 6.17. The van der Waals surface area contributed by atoms with Gasteiger partial charge in [0.1, 0.15) is 0 Å². The first-order valence-corrected chi connectivity index (χ1v) is 6.17. The van der Waals surface area contributed by atoms with Gasteiger partial charge in [0.25, 0.3) is 0 Å². The van der Waals surface area contributed by atoms with Crippen molar-refractivity contribution in [3.8, 4) is 0 Å². The summed E-state index contributed by atoms with van der Waals surface area (Å²) in [6, 6.07) is 5.99. The van der Waals surface area contributed by atoms with Crippen molar-refractivity contribution in [2.45, 2.75) is 38.6 Å². The first-order chi connectivity index (χ1) is 8.08. The number of fused-ring (bicyclic) bond motifs is 1. The summed E-state index contributed by atoms with van der Waals surface area (Å²) in [6.45, 7) is 5.20. The van der Waals surface area contributed by atoms with Crippen LogP contribution in [-0.2, 0) is 6.42 Å². The van der Waals surface area contributed by atoms with E-state index in [1.165, 1.54) is 11.1 Å². The Kier molecular flexibility index (Phi) is 3.48. The lowest BCUT2D eigenvalue weighted by Crippen LogP contribution is -2.27. The molecule has 0 saturated carbocycles. The van der Waals surface area contributed by atoms with Crippen molar-refractivity contribution < 1.29 is 9.90 Å². The molecule has 3 heteroatoms. The first kappa shape index (κ1) is 12.1. The standard InChI is InChI=1S/C14H19NO2/c1-9(2)15-8-12-6-4-10-3-5-11(14(16)17)7-13(10)12/h3,5,7,9,12,15H,4,6,8H2,1-2H3,(H,16,17). The molecule has 0 radical (unpaired) electrons. The van der Waals surface area contributed by atoms with Gasteiger partial charge in [-0.05, 0) is 42.0 Å². The number of carboxylic acid groups (broad SMARTS) is 1. The molecule has 17 heavy (non-hydrogen) atoms. The van der Waals surface area contributed by atoms with Gasteiger partial charge in [-0.25, -0.2) is 4.79 Å². The SMILES string of the molecule is CC(C)NCC1CCc2ccc(C(=O)O)cc21. The molecule has 0 heterocycles. The van der Waals surface area contributed by atoms with Crippen LogP contribution < -0.4 is 5.32 Å². The molecule has 0 bridgehead atoms. The predicted molar refractivity (Wildman–Crippen MR) is 67.6 cm³/mol. The van der Waals surface area contributed by atoms with Crippen molar-refractivity contribution in [3.63, 3.8) is 0 Å². The highest BCUT2D eigenvalue weighted by atomic mass is 16.4. The fourth-order valence-corrected chi connectivity index (χ4v) is 2.41. The second-order valence-corrected chi connectivity index (χ2v) is 5.02. The van der Waals surface area contributed by atoms with Gasteiger partial charge >= 0.3 is 5.97 Å². The summed E-state index contributed by atoms with van der Waals surface area (Å²) in [5, 5.41) is 12.4. The molecule has 0 aliphatic heterocycles.